The van der Waals surface area contributed by atoms with Crippen molar-refractivity contribution >= 4 is 28.2 Å². The largest absolute Gasteiger partial charge is 0.347 e. The first-order valence-corrected chi connectivity index (χ1v) is 9.52. The van der Waals surface area contributed by atoms with Crippen molar-refractivity contribution in [3.05, 3.63) is 54.2 Å². The molecular formula is C18H20N6OS. The van der Waals surface area contributed by atoms with Gasteiger partial charge in [0.25, 0.3) is 0 Å². The molecule has 0 aromatic carbocycles. The molecule has 3 aromatic rings. The Morgan fingerprint density at radius 2 is 2.27 bits per heavy atom. The van der Waals surface area contributed by atoms with E-state index in [2.05, 4.69) is 25.2 Å². The fraction of sp³-hybridized carbons (Fsp3) is 0.333. The van der Waals surface area contributed by atoms with Crippen LogP contribution in [0.4, 0.5) is 10.9 Å². The minimum Gasteiger partial charge on any atom is -0.347 e. The lowest BCUT2D eigenvalue weighted by Crippen LogP contribution is -2.40. The van der Waals surface area contributed by atoms with Gasteiger partial charge in [-0.15, -0.1) is 11.3 Å². The third-order valence-electron chi connectivity index (χ3n) is 4.48. The highest BCUT2D eigenvalue weighted by Crippen LogP contribution is 2.25. The van der Waals surface area contributed by atoms with E-state index in [0.717, 1.165) is 30.1 Å². The molecule has 1 saturated heterocycles. The number of piperidine rings is 1. The molecule has 4 rings (SSSR count). The average molecular weight is 368 g/mol. The summed E-state index contributed by atoms with van der Waals surface area (Å²) in [7, 11) is 0. The average Bonchev–Trinajstić information content (AvgIpc) is 3.37. The van der Waals surface area contributed by atoms with E-state index in [1.165, 1.54) is 0 Å². The van der Waals surface area contributed by atoms with Crippen molar-refractivity contribution in [3.8, 4) is 0 Å². The number of hydrogen-bond acceptors (Lipinski definition) is 6. The molecular weight excluding hydrogens is 348 g/mol. The summed E-state index contributed by atoms with van der Waals surface area (Å²) in [6.45, 7) is 2.38. The highest BCUT2D eigenvalue weighted by molar-refractivity contribution is 7.13. The Labute approximate surface area is 155 Å². The smallest absolute Gasteiger partial charge is 0.230 e. The second-order valence-electron chi connectivity index (χ2n) is 6.38. The molecule has 1 N–H and O–H groups in total. The third-order valence-corrected chi connectivity index (χ3v) is 5.31. The number of anilines is 2. The van der Waals surface area contributed by atoms with Crippen LogP contribution in [0.15, 0.2) is 48.6 Å². The molecule has 8 heteroatoms. The quantitative estimate of drug-likeness (QED) is 0.749. The molecule has 1 unspecified atom stereocenters. The topological polar surface area (TPSA) is 75.9 Å². The number of hydrogen-bond donors (Lipinski definition) is 1. The van der Waals surface area contributed by atoms with Crippen LogP contribution in [0.2, 0.25) is 0 Å². The van der Waals surface area contributed by atoms with Crippen molar-refractivity contribution < 1.29 is 4.79 Å². The van der Waals surface area contributed by atoms with Crippen molar-refractivity contribution in [2.45, 2.75) is 19.4 Å². The number of rotatable bonds is 5. The molecule has 0 bridgehead atoms. The number of nitrogens with zero attached hydrogens (tertiary/aromatic N) is 5. The number of carbonyl (C=O) groups is 1. The van der Waals surface area contributed by atoms with Crippen LogP contribution in [-0.4, -0.2) is 38.5 Å². The van der Waals surface area contributed by atoms with Crippen LogP contribution in [0.1, 0.15) is 18.4 Å². The summed E-state index contributed by atoms with van der Waals surface area (Å²) in [6.07, 6.45) is 10.9. The number of aromatic nitrogens is 4. The minimum absolute atomic E-state index is 0.0288. The lowest BCUT2D eigenvalue weighted by Gasteiger charge is -2.31. The van der Waals surface area contributed by atoms with Crippen molar-refractivity contribution in [2.24, 2.45) is 5.92 Å². The molecule has 1 aliphatic rings. The van der Waals surface area contributed by atoms with Crippen LogP contribution in [-0.2, 0) is 11.3 Å². The van der Waals surface area contributed by atoms with Gasteiger partial charge < -0.3 is 14.8 Å². The van der Waals surface area contributed by atoms with Crippen LogP contribution < -0.4 is 10.2 Å². The van der Waals surface area contributed by atoms with Gasteiger partial charge in [-0.3, -0.25) is 4.79 Å². The monoisotopic (exact) mass is 368 g/mol. The van der Waals surface area contributed by atoms with Gasteiger partial charge in [-0.1, -0.05) is 6.07 Å². The van der Waals surface area contributed by atoms with E-state index in [1.807, 2.05) is 28.3 Å². The van der Waals surface area contributed by atoms with Crippen molar-refractivity contribution in [3.63, 3.8) is 0 Å². The molecule has 0 saturated carbocycles. The zero-order valence-electron chi connectivity index (χ0n) is 14.3. The van der Waals surface area contributed by atoms with Gasteiger partial charge in [0.2, 0.25) is 5.91 Å². The molecule has 26 heavy (non-hydrogen) atoms. The Hall–Kier alpha value is -2.74. The Bertz CT molecular complexity index is 831. The van der Waals surface area contributed by atoms with Gasteiger partial charge in [0.15, 0.2) is 5.13 Å². The molecule has 3 aromatic heterocycles. The second-order valence-corrected chi connectivity index (χ2v) is 7.25. The zero-order chi connectivity index (χ0) is 17.8. The molecule has 1 atom stereocenters. The normalized spacial score (nSPS) is 17.2. The van der Waals surface area contributed by atoms with Gasteiger partial charge in [-0.25, -0.2) is 15.0 Å². The van der Waals surface area contributed by atoms with Gasteiger partial charge in [0.05, 0.1) is 12.2 Å². The predicted octanol–water partition coefficient (Wildman–Crippen LogP) is 2.64. The first kappa shape index (κ1) is 16.7. The molecule has 0 radical (unpaired) electrons. The maximum atomic E-state index is 12.6. The van der Waals surface area contributed by atoms with Crippen LogP contribution in [0.25, 0.3) is 0 Å². The van der Waals surface area contributed by atoms with Crippen molar-refractivity contribution in [1.82, 2.24) is 19.5 Å². The number of nitrogens with one attached hydrogen (secondary N) is 1. The van der Waals surface area contributed by atoms with Gasteiger partial charge in [0.1, 0.15) is 5.82 Å². The van der Waals surface area contributed by atoms with Crippen LogP contribution in [0.5, 0.6) is 0 Å². The Kier molecular flexibility index (Phi) is 4.92. The Morgan fingerprint density at radius 3 is 3.00 bits per heavy atom. The number of thiazole rings is 1. The molecule has 1 aliphatic heterocycles. The summed E-state index contributed by atoms with van der Waals surface area (Å²) >= 11 is 1.61. The summed E-state index contributed by atoms with van der Waals surface area (Å²) in [5.41, 5.74) is 1.06. The van der Waals surface area contributed by atoms with Crippen molar-refractivity contribution in [2.75, 3.05) is 23.3 Å². The predicted molar refractivity (Wildman–Crippen MR) is 101 cm³/mol. The summed E-state index contributed by atoms with van der Waals surface area (Å²) < 4.78 is 1.98. The number of imidazole rings is 1. The summed E-state index contributed by atoms with van der Waals surface area (Å²) in [5.74, 6) is 0.581. The first-order valence-electron chi connectivity index (χ1n) is 8.64. The fourth-order valence-electron chi connectivity index (χ4n) is 3.15. The van der Waals surface area contributed by atoms with Crippen LogP contribution in [0.3, 0.4) is 0 Å². The number of carbonyl (C=O) groups excluding carboxylic acids is 1. The highest BCUT2D eigenvalue weighted by Gasteiger charge is 2.27. The summed E-state index contributed by atoms with van der Waals surface area (Å²) in [5, 5.41) is 5.91. The van der Waals surface area contributed by atoms with Gasteiger partial charge in [-0.05, 0) is 24.5 Å². The second kappa shape index (κ2) is 7.65. The molecule has 0 spiro atoms. The zero-order valence-corrected chi connectivity index (χ0v) is 15.1. The highest BCUT2D eigenvalue weighted by atomic mass is 32.1. The number of amides is 1. The SMILES string of the molecule is O=C(Nc1ccc(Cn2ccnc2)cn1)C1CCCN(c2nccs2)C1. The molecule has 134 valence electrons. The lowest BCUT2D eigenvalue weighted by molar-refractivity contribution is -0.120. The van der Waals surface area contributed by atoms with Crippen LogP contribution in [0, 0.1) is 5.92 Å². The molecule has 1 amide bonds. The lowest BCUT2D eigenvalue weighted by atomic mass is 9.97. The van der Waals surface area contributed by atoms with E-state index < -0.39 is 0 Å². The summed E-state index contributed by atoms with van der Waals surface area (Å²) in [6, 6.07) is 3.83. The van der Waals surface area contributed by atoms with Crippen molar-refractivity contribution in [1.29, 1.82) is 0 Å². The Morgan fingerprint density at radius 1 is 1.31 bits per heavy atom. The van der Waals surface area contributed by atoms with E-state index in [1.54, 1.807) is 36.3 Å². The van der Waals surface area contributed by atoms with Gasteiger partial charge >= 0.3 is 0 Å². The van der Waals surface area contributed by atoms with Gasteiger partial charge in [-0.2, -0.15) is 0 Å². The molecule has 1 fully saturated rings. The standard InChI is InChI=1S/C18H20N6OS/c25-17(15-2-1-7-24(12-15)18-20-6-9-26-18)22-16-4-3-14(10-21-16)11-23-8-5-19-13-23/h3-6,8-10,13,15H,1-2,7,11-12H2,(H,21,22,25). The van der Waals surface area contributed by atoms with E-state index in [9.17, 15) is 4.79 Å². The molecule has 7 nitrogen and oxygen atoms in total. The minimum atomic E-state index is -0.0416. The first-order chi connectivity index (χ1) is 12.8. The van der Waals surface area contributed by atoms with E-state index in [4.69, 9.17) is 0 Å². The van der Waals surface area contributed by atoms with E-state index in [-0.39, 0.29) is 11.8 Å². The summed E-state index contributed by atoms with van der Waals surface area (Å²) in [4.78, 5) is 27.6. The van der Waals surface area contributed by atoms with E-state index in [0.29, 0.717) is 18.9 Å². The third kappa shape index (κ3) is 3.91. The van der Waals surface area contributed by atoms with Gasteiger partial charge in [0, 0.05) is 49.8 Å². The maximum absolute atomic E-state index is 12.6. The maximum Gasteiger partial charge on any atom is 0.230 e. The molecule has 0 aliphatic carbocycles. The molecule has 4 heterocycles. The number of pyridine rings is 1. The fourth-order valence-corrected chi connectivity index (χ4v) is 3.83. The van der Waals surface area contributed by atoms with Crippen LogP contribution >= 0.6 is 11.3 Å². The van der Waals surface area contributed by atoms with E-state index >= 15 is 0 Å². The Balaban J connectivity index is 1.35.